The number of thioether (sulfide) groups is 1. The van der Waals surface area contributed by atoms with Gasteiger partial charge in [-0.15, -0.1) is 13.0 Å². The largest absolute Gasteiger partial charge is 0.490 e. The lowest BCUT2D eigenvalue weighted by atomic mass is 10.0. The number of nitrogens with zero attached hydrogens (tertiary/aromatic N) is 1. The average Bonchev–Trinajstić information content (AvgIpc) is 3.12. The van der Waals surface area contributed by atoms with Crippen LogP contribution in [0.25, 0.3) is 6.08 Å². The maximum Gasteiger partial charge on any atom is 0.264 e. The molecule has 1 aliphatic rings. The molecule has 1 N–H and O–H groups in total. The molecule has 0 atom stereocenters. The first kappa shape index (κ1) is 23.2. The Bertz CT molecular complexity index is 1100. The number of nitrogens with one attached hydrogen (secondary N) is 1. The lowest BCUT2D eigenvalue weighted by Crippen LogP contribution is -2.19. The molecule has 0 saturated carbocycles. The molecule has 5 nitrogen and oxygen atoms in total. The van der Waals surface area contributed by atoms with E-state index in [1.807, 2.05) is 49.4 Å². The van der Waals surface area contributed by atoms with E-state index in [2.05, 4.69) is 29.7 Å². The van der Waals surface area contributed by atoms with Gasteiger partial charge in [0.1, 0.15) is 6.61 Å². The zero-order valence-corrected chi connectivity index (χ0v) is 19.1. The molecule has 1 heterocycles. The van der Waals surface area contributed by atoms with Crippen LogP contribution in [0.2, 0.25) is 0 Å². The van der Waals surface area contributed by atoms with Crippen LogP contribution < -0.4 is 14.8 Å². The summed E-state index contributed by atoms with van der Waals surface area (Å²) in [6, 6.07) is 11.8. The third-order valence-corrected chi connectivity index (χ3v) is 5.55. The van der Waals surface area contributed by atoms with Gasteiger partial charge in [-0.25, -0.2) is 4.99 Å². The first-order valence-electron chi connectivity index (χ1n) is 10.4. The highest BCUT2D eigenvalue weighted by molar-refractivity contribution is 8.18. The molecule has 3 rings (SSSR count). The molecule has 1 aliphatic heterocycles. The van der Waals surface area contributed by atoms with E-state index in [1.54, 1.807) is 6.08 Å². The molecule has 0 bridgehead atoms. The number of ether oxygens (including phenoxy) is 2. The van der Waals surface area contributed by atoms with Crippen molar-refractivity contribution in [3.05, 3.63) is 70.6 Å². The quantitative estimate of drug-likeness (QED) is 0.323. The van der Waals surface area contributed by atoms with Crippen molar-refractivity contribution in [2.24, 2.45) is 4.99 Å². The lowest BCUT2D eigenvalue weighted by Gasteiger charge is -2.15. The zero-order valence-electron chi connectivity index (χ0n) is 18.3. The van der Waals surface area contributed by atoms with E-state index in [0.29, 0.717) is 34.6 Å². The molecule has 0 unspecified atom stereocenters. The standard InChI is InChI=1S/C26H26N2O3S/c1-5-9-20-15-19(16-22(30-8-4)24(20)31-14-6-2)17-23-25(29)28-26(32-23)27-21-12-10-18(7-3)11-13-21/h2,5,10-13,15-17H,1,7-9,14H2,3-4H3,(H,27,28,29)/b23-17-. The molecule has 32 heavy (non-hydrogen) atoms. The smallest absolute Gasteiger partial charge is 0.264 e. The summed E-state index contributed by atoms with van der Waals surface area (Å²) in [4.78, 5) is 17.6. The van der Waals surface area contributed by atoms with Crippen LogP contribution in [-0.2, 0) is 17.6 Å². The molecule has 164 valence electrons. The maximum atomic E-state index is 12.5. The van der Waals surface area contributed by atoms with Crippen LogP contribution in [0.5, 0.6) is 11.5 Å². The van der Waals surface area contributed by atoms with E-state index >= 15 is 0 Å². The molecule has 1 amide bonds. The molecule has 1 fully saturated rings. The highest BCUT2D eigenvalue weighted by Gasteiger charge is 2.24. The van der Waals surface area contributed by atoms with E-state index < -0.39 is 0 Å². The highest BCUT2D eigenvalue weighted by atomic mass is 32.2. The SMILES string of the molecule is C#CCOc1c(CC=C)cc(/C=C2\SC(=Nc3ccc(CC)cc3)NC2=O)cc1OCC. The number of terminal acetylenes is 1. The molecule has 0 aliphatic carbocycles. The van der Waals surface area contributed by atoms with Gasteiger partial charge in [0, 0.05) is 5.56 Å². The van der Waals surface area contributed by atoms with Crippen molar-refractivity contribution < 1.29 is 14.3 Å². The second kappa shape index (κ2) is 11.3. The van der Waals surface area contributed by atoms with E-state index in [9.17, 15) is 4.79 Å². The van der Waals surface area contributed by atoms with Gasteiger partial charge in [-0.2, -0.15) is 0 Å². The van der Waals surface area contributed by atoms with Crippen LogP contribution in [-0.4, -0.2) is 24.3 Å². The Morgan fingerprint density at radius 2 is 2.00 bits per heavy atom. The average molecular weight is 447 g/mol. The fourth-order valence-corrected chi connectivity index (χ4v) is 4.01. The Labute approximate surface area is 193 Å². The minimum atomic E-state index is -0.185. The maximum absolute atomic E-state index is 12.5. The van der Waals surface area contributed by atoms with E-state index in [4.69, 9.17) is 15.9 Å². The number of allylic oxidation sites excluding steroid dienone is 1. The molecule has 6 heteroatoms. The van der Waals surface area contributed by atoms with Crippen molar-refractivity contribution in [1.29, 1.82) is 0 Å². The van der Waals surface area contributed by atoms with Crippen LogP contribution in [0.15, 0.2) is 59.0 Å². The Hall–Kier alpha value is -3.43. The number of amidine groups is 1. The minimum Gasteiger partial charge on any atom is -0.490 e. The molecular weight excluding hydrogens is 420 g/mol. The fraction of sp³-hybridized carbons (Fsp3) is 0.231. The van der Waals surface area contributed by atoms with Crippen molar-refractivity contribution >= 4 is 34.6 Å². The normalized spacial score (nSPS) is 15.5. The van der Waals surface area contributed by atoms with Gasteiger partial charge >= 0.3 is 0 Å². The van der Waals surface area contributed by atoms with Crippen LogP contribution in [0, 0.1) is 12.3 Å². The molecule has 1 saturated heterocycles. The van der Waals surface area contributed by atoms with Gasteiger partial charge in [-0.1, -0.05) is 31.1 Å². The molecule has 2 aromatic rings. The number of aliphatic imine (C=N–C) groups is 1. The van der Waals surface area contributed by atoms with Gasteiger partial charge in [0.15, 0.2) is 16.7 Å². The zero-order chi connectivity index (χ0) is 22.9. The summed E-state index contributed by atoms with van der Waals surface area (Å²) in [6.07, 6.45) is 10.5. The molecule has 0 aromatic heterocycles. The Kier molecular flexibility index (Phi) is 8.18. The summed E-state index contributed by atoms with van der Waals surface area (Å²) in [6.45, 7) is 8.45. The minimum absolute atomic E-state index is 0.141. The first-order valence-corrected chi connectivity index (χ1v) is 11.2. The third-order valence-electron chi connectivity index (χ3n) is 4.64. The van der Waals surface area contributed by atoms with E-state index in [1.165, 1.54) is 17.3 Å². The number of carbonyl (C=O) groups excluding carboxylic acids is 1. The van der Waals surface area contributed by atoms with Crippen molar-refractivity contribution in [3.63, 3.8) is 0 Å². The number of hydrogen-bond donors (Lipinski definition) is 1. The topological polar surface area (TPSA) is 59.9 Å². The predicted octanol–water partition coefficient (Wildman–Crippen LogP) is 5.28. The number of hydrogen-bond acceptors (Lipinski definition) is 5. The van der Waals surface area contributed by atoms with Crippen LogP contribution in [0.3, 0.4) is 0 Å². The highest BCUT2D eigenvalue weighted by Crippen LogP contribution is 2.36. The molecule has 0 spiro atoms. The number of carbonyl (C=O) groups is 1. The van der Waals surface area contributed by atoms with Crippen LogP contribution >= 0.6 is 11.8 Å². The number of aryl methyl sites for hydroxylation is 1. The van der Waals surface area contributed by atoms with Gasteiger partial charge in [-0.3, -0.25) is 4.79 Å². The van der Waals surface area contributed by atoms with Crippen molar-refractivity contribution in [2.45, 2.75) is 26.7 Å². The predicted molar refractivity (Wildman–Crippen MR) is 132 cm³/mol. The fourth-order valence-electron chi connectivity index (χ4n) is 3.17. The van der Waals surface area contributed by atoms with Crippen molar-refractivity contribution in [2.75, 3.05) is 13.2 Å². The summed E-state index contributed by atoms with van der Waals surface area (Å²) in [5.41, 5.74) is 3.76. The van der Waals surface area contributed by atoms with Gasteiger partial charge in [0.05, 0.1) is 17.2 Å². The van der Waals surface area contributed by atoms with Crippen molar-refractivity contribution in [1.82, 2.24) is 5.32 Å². The summed E-state index contributed by atoms with van der Waals surface area (Å²) >= 11 is 1.31. The van der Waals surface area contributed by atoms with Crippen LogP contribution in [0.4, 0.5) is 5.69 Å². The van der Waals surface area contributed by atoms with E-state index in [0.717, 1.165) is 23.2 Å². The number of amides is 1. The number of benzene rings is 2. The lowest BCUT2D eigenvalue weighted by molar-refractivity contribution is -0.115. The Morgan fingerprint density at radius 3 is 2.66 bits per heavy atom. The van der Waals surface area contributed by atoms with Crippen LogP contribution in [0.1, 0.15) is 30.5 Å². The molecule has 0 radical (unpaired) electrons. The van der Waals surface area contributed by atoms with Crippen molar-refractivity contribution in [3.8, 4) is 23.8 Å². The summed E-state index contributed by atoms with van der Waals surface area (Å²) in [5.74, 6) is 3.48. The molecular formula is C26H26N2O3S. The second-order valence-electron chi connectivity index (χ2n) is 6.93. The monoisotopic (exact) mass is 446 g/mol. The van der Waals surface area contributed by atoms with Gasteiger partial charge in [0.25, 0.3) is 5.91 Å². The summed E-state index contributed by atoms with van der Waals surface area (Å²) < 4.78 is 11.5. The first-order chi connectivity index (χ1) is 15.6. The third kappa shape index (κ3) is 5.83. The number of rotatable bonds is 9. The second-order valence-corrected chi connectivity index (χ2v) is 7.96. The summed E-state index contributed by atoms with van der Waals surface area (Å²) in [5, 5.41) is 3.38. The Morgan fingerprint density at radius 1 is 1.22 bits per heavy atom. The Balaban J connectivity index is 1.90. The van der Waals surface area contributed by atoms with Gasteiger partial charge in [-0.05, 0) is 73.0 Å². The van der Waals surface area contributed by atoms with E-state index in [-0.39, 0.29) is 12.5 Å². The molecule has 2 aromatic carbocycles. The van der Waals surface area contributed by atoms with Gasteiger partial charge in [0.2, 0.25) is 0 Å². The van der Waals surface area contributed by atoms with Gasteiger partial charge < -0.3 is 14.8 Å². The summed E-state index contributed by atoms with van der Waals surface area (Å²) in [7, 11) is 0.